The lowest BCUT2D eigenvalue weighted by atomic mass is 9.90. The molecule has 0 aromatic heterocycles. The monoisotopic (exact) mass is 352 g/mol. The highest BCUT2D eigenvalue weighted by atomic mass is 32.2. The summed E-state index contributed by atoms with van der Waals surface area (Å²) in [5.74, 6) is 1.67. The third kappa shape index (κ3) is 3.72. The molecule has 1 amide bonds. The van der Waals surface area contributed by atoms with Crippen molar-refractivity contribution in [3.63, 3.8) is 0 Å². The summed E-state index contributed by atoms with van der Waals surface area (Å²) in [7, 11) is -1.23. The smallest absolute Gasteiger partial charge is 0.223 e. The first kappa shape index (κ1) is 17.2. The van der Waals surface area contributed by atoms with Crippen LogP contribution in [0.4, 0.5) is 0 Å². The number of nitrogens with two attached hydrogens (primary N) is 1. The van der Waals surface area contributed by atoms with Crippen LogP contribution in [0.3, 0.4) is 0 Å². The number of ether oxygens (including phenoxy) is 2. The van der Waals surface area contributed by atoms with Crippen LogP contribution in [0.1, 0.15) is 19.8 Å². The molecule has 2 atom stereocenters. The van der Waals surface area contributed by atoms with Crippen LogP contribution in [-0.2, 0) is 15.6 Å². The maximum absolute atomic E-state index is 12.5. The lowest BCUT2D eigenvalue weighted by molar-refractivity contribution is -0.130. The molecule has 2 N–H and O–H groups in total. The van der Waals surface area contributed by atoms with E-state index in [1.807, 2.05) is 4.90 Å². The molecule has 0 bridgehead atoms. The molecule has 0 aliphatic carbocycles. The molecule has 2 aliphatic rings. The van der Waals surface area contributed by atoms with Crippen molar-refractivity contribution in [3.05, 3.63) is 18.2 Å². The van der Waals surface area contributed by atoms with Crippen molar-refractivity contribution in [1.82, 2.24) is 4.90 Å². The molecular formula is C17H24N2O4S. The maximum Gasteiger partial charge on any atom is 0.223 e. The normalized spacial score (nSPS) is 24.0. The van der Waals surface area contributed by atoms with Crippen LogP contribution in [0.5, 0.6) is 11.5 Å². The summed E-state index contributed by atoms with van der Waals surface area (Å²) in [4.78, 5) is 14.8. The molecule has 24 heavy (non-hydrogen) atoms. The van der Waals surface area contributed by atoms with Crippen LogP contribution < -0.4 is 15.2 Å². The number of hydrogen-bond acceptors (Lipinski definition) is 5. The summed E-state index contributed by atoms with van der Waals surface area (Å²) in [5.41, 5.74) is 5.79. The molecule has 132 valence electrons. The van der Waals surface area contributed by atoms with Crippen LogP contribution in [0.15, 0.2) is 23.1 Å². The first-order chi connectivity index (χ1) is 11.5. The summed E-state index contributed by atoms with van der Waals surface area (Å²) in [6.07, 6.45) is 1.21. The number of likely N-dealkylation sites (tertiary alicyclic amines) is 1. The van der Waals surface area contributed by atoms with Crippen molar-refractivity contribution >= 4 is 16.7 Å². The van der Waals surface area contributed by atoms with Gasteiger partial charge in [0.15, 0.2) is 11.5 Å². The fraction of sp³-hybridized carbons (Fsp3) is 0.588. The van der Waals surface area contributed by atoms with E-state index in [1.54, 1.807) is 18.2 Å². The van der Waals surface area contributed by atoms with Gasteiger partial charge in [-0.3, -0.25) is 9.00 Å². The van der Waals surface area contributed by atoms with Crippen molar-refractivity contribution in [2.75, 3.05) is 38.6 Å². The number of amides is 1. The molecular weight excluding hydrogens is 328 g/mol. The predicted octanol–water partition coefficient (Wildman–Crippen LogP) is 1.15. The van der Waals surface area contributed by atoms with Gasteiger partial charge in [0.2, 0.25) is 5.91 Å². The third-order valence-corrected chi connectivity index (χ3v) is 6.04. The minimum absolute atomic E-state index is 0.0185. The van der Waals surface area contributed by atoms with E-state index >= 15 is 0 Å². The topological polar surface area (TPSA) is 81.9 Å². The number of fused-ring (bicyclic) bond motifs is 1. The van der Waals surface area contributed by atoms with Gasteiger partial charge in [0.05, 0.1) is 10.8 Å². The minimum Gasteiger partial charge on any atom is -0.486 e. The zero-order chi connectivity index (χ0) is 17.2. The lowest BCUT2D eigenvalue weighted by Gasteiger charge is -2.22. The lowest BCUT2D eigenvalue weighted by Crippen LogP contribution is -2.34. The fourth-order valence-electron chi connectivity index (χ4n) is 3.02. The number of rotatable bonds is 5. The molecule has 1 aromatic rings. The standard InChI is InChI=1S/C17H24N2O4S/c1-17(11-18)5-6-19(12-17)16(20)4-9-24(21)13-2-3-14-15(10-13)23-8-7-22-14/h2-3,10H,4-9,11-12,18H2,1H3. The number of nitrogens with zero attached hydrogens (tertiary/aromatic N) is 1. The van der Waals surface area contributed by atoms with Gasteiger partial charge in [-0.25, -0.2) is 0 Å². The van der Waals surface area contributed by atoms with Crippen molar-refractivity contribution in [2.45, 2.75) is 24.7 Å². The summed E-state index contributed by atoms with van der Waals surface area (Å²) in [5, 5.41) is 0. The Morgan fingerprint density at radius 3 is 2.79 bits per heavy atom. The first-order valence-electron chi connectivity index (χ1n) is 8.27. The summed E-state index contributed by atoms with van der Waals surface area (Å²) >= 11 is 0. The first-order valence-corrected chi connectivity index (χ1v) is 9.58. The molecule has 0 radical (unpaired) electrons. The zero-order valence-electron chi connectivity index (χ0n) is 14.0. The summed E-state index contributed by atoms with van der Waals surface area (Å²) < 4.78 is 23.4. The Bertz CT molecular complexity index is 651. The Morgan fingerprint density at radius 1 is 1.33 bits per heavy atom. The van der Waals surface area contributed by atoms with Crippen molar-refractivity contribution in [2.24, 2.45) is 11.1 Å². The number of carbonyl (C=O) groups excluding carboxylic acids is 1. The van der Waals surface area contributed by atoms with E-state index in [1.165, 1.54) is 0 Å². The Hall–Kier alpha value is -1.60. The van der Waals surface area contributed by atoms with Gasteiger partial charge in [-0.2, -0.15) is 0 Å². The van der Waals surface area contributed by atoms with Gasteiger partial charge >= 0.3 is 0 Å². The number of hydrogen-bond donors (Lipinski definition) is 1. The second-order valence-corrected chi connectivity index (χ2v) is 8.26. The molecule has 6 nitrogen and oxygen atoms in total. The SMILES string of the molecule is CC1(CN)CCN(C(=O)CCS(=O)c2ccc3c(c2)OCCO3)C1. The van der Waals surface area contributed by atoms with E-state index in [-0.39, 0.29) is 17.7 Å². The molecule has 0 spiro atoms. The summed E-state index contributed by atoms with van der Waals surface area (Å²) in [6.45, 7) is 5.15. The third-order valence-electron chi connectivity index (χ3n) is 4.68. The number of carbonyl (C=O) groups is 1. The van der Waals surface area contributed by atoms with Crippen LogP contribution >= 0.6 is 0 Å². The second kappa shape index (κ2) is 7.11. The maximum atomic E-state index is 12.5. The molecule has 1 aromatic carbocycles. The van der Waals surface area contributed by atoms with Crippen molar-refractivity contribution < 1.29 is 18.5 Å². The average molecular weight is 352 g/mol. The largest absolute Gasteiger partial charge is 0.486 e. The number of benzene rings is 1. The van der Waals surface area contributed by atoms with E-state index in [2.05, 4.69) is 6.92 Å². The quantitative estimate of drug-likeness (QED) is 0.860. The molecule has 2 heterocycles. The predicted molar refractivity (Wildman–Crippen MR) is 91.7 cm³/mol. The van der Waals surface area contributed by atoms with Crippen LogP contribution in [0.25, 0.3) is 0 Å². The highest BCUT2D eigenvalue weighted by Crippen LogP contribution is 2.32. The average Bonchev–Trinajstić information content (AvgIpc) is 3.02. The molecule has 3 rings (SSSR count). The molecule has 1 fully saturated rings. The highest BCUT2D eigenvalue weighted by molar-refractivity contribution is 7.85. The van der Waals surface area contributed by atoms with E-state index in [9.17, 15) is 9.00 Å². The summed E-state index contributed by atoms with van der Waals surface area (Å²) in [6, 6.07) is 5.29. The second-order valence-electron chi connectivity index (χ2n) is 6.69. The van der Waals surface area contributed by atoms with Crippen molar-refractivity contribution in [1.29, 1.82) is 0 Å². The molecule has 2 unspecified atom stereocenters. The van der Waals surface area contributed by atoms with Crippen molar-refractivity contribution in [3.8, 4) is 11.5 Å². The minimum atomic E-state index is -1.23. The van der Waals surface area contributed by atoms with Gasteiger partial charge in [0.25, 0.3) is 0 Å². The Kier molecular flexibility index (Phi) is 5.10. The van der Waals surface area contributed by atoms with Crippen LogP contribution in [-0.4, -0.2) is 53.6 Å². The van der Waals surface area contributed by atoms with E-state index in [0.717, 1.165) is 13.0 Å². The highest BCUT2D eigenvalue weighted by Gasteiger charge is 2.34. The molecule has 2 aliphatic heterocycles. The van der Waals surface area contributed by atoms with E-state index < -0.39 is 10.8 Å². The molecule has 0 saturated carbocycles. The van der Waals surface area contributed by atoms with Gasteiger partial charge in [0.1, 0.15) is 13.2 Å². The Balaban J connectivity index is 1.55. The van der Waals surface area contributed by atoms with E-state index in [4.69, 9.17) is 15.2 Å². The van der Waals surface area contributed by atoms with Gasteiger partial charge in [-0.1, -0.05) is 6.92 Å². The fourth-order valence-corrected chi connectivity index (χ4v) is 4.08. The van der Waals surface area contributed by atoms with Crippen LogP contribution in [0.2, 0.25) is 0 Å². The van der Waals surface area contributed by atoms with Gasteiger partial charge in [-0.15, -0.1) is 0 Å². The zero-order valence-corrected chi connectivity index (χ0v) is 14.8. The van der Waals surface area contributed by atoms with E-state index in [0.29, 0.717) is 48.5 Å². The van der Waals surface area contributed by atoms with Crippen LogP contribution in [0, 0.1) is 5.41 Å². The Morgan fingerprint density at radius 2 is 2.08 bits per heavy atom. The van der Waals surface area contributed by atoms with Gasteiger partial charge in [-0.05, 0) is 30.5 Å². The van der Waals surface area contributed by atoms with Gasteiger partial charge in [0, 0.05) is 36.2 Å². The molecule has 7 heteroatoms. The van der Waals surface area contributed by atoms with Gasteiger partial charge < -0.3 is 20.1 Å². The Labute approximate surface area is 144 Å². The molecule has 1 saturated heterocycles.